The van der Waals surface area contributed by atoms with Gasteiger partial charge in [0.2, 0.25) is 0 Å². The van der Waals surface area contributed by atoms with E-state index in [-0.39, 0.29) is 21.4 Å². The zero-order chi connectivity index (χ0) is 22.3. The standard InChI is InChI=1S/C23H31ClN2O3S/c1-5-7-8-18(6-2)15-25-23(27)19-11-12-20(24)22(14-19)30(28,29)26-21-13-16(3)9-10-17(21)4/h9-14,18,26H,5-8,15H2,1-4H3,(H,25,27)/t18-/m0/s1. The highest BCUT2D eigenvalue weighted by Gasteiger charge is 2.21. The highest BCUT2D eigenvalue weighted by Crippen LogP contribution is 2.27. The molecule has 0 saturated carbocycles. The molecule has 0 heterocycles. The topological polar surface area (TPSA) is 75.3 Å². The summed E-state index contributed by atoms with van der Waals surface area (Å²) in [5.41, 5.74) is 2.49. The van der Waals surface area contributed by atoms with E-state index in [4.69, 9.17) is 11.6 Å². The fourth-order valence-electron chi connectivity index (χ4n) is 3.18. The molecule has 30 heavy (non-hydrogen) atoms. The number of anilines is 1. The normalized spacial score (nSPS) is 12.4. The molecule has 7 heteroatoms. The first-order chi connectivity index (χ1) is 14.2. The Morgan fingerprint density at radius 1 is 1.10 bits per heavy atom. The predicted octanol–water partition coefficient (Wildman–Crippen LogP) is 5.70. The SMILES string of the molecule is CCCC[C@H](CC)CNC(=O)c1ccc(Cl)c(S(=O)(=O)Nc2cc(C)ccc2C)c1. The summed E-state index contributed by atoms with van der Waals surface area (Å²) in [6.45, 7) is 8.54. The molecular formula is C23H31ClN2O3S. The van der Waals surface area contributed by atoms with Crippen LogP contribution in [0.4, 0.5) is 5.69 Å². The van der Waals surface area contributed by atoms with Crippen LogP contribution in [0.5, 0.6) is 0 Å². The third kappa shape index (κ3) is 6.47. The molecule has 0 aliphatic heterocycles. The number of aryl methyl sites for hydroxylation is 2. The fourth-order valence-corrected chi connectivity index (χ4v) is 4.83. The van der Waals surface area contributed by atoms with Crippen molar-refractivity contribution in [2.75, 3.05) is 11.3 Å². The van der Waals surface area contributed by atoms with E-state index in [1.54, 1.807) is 12.1 Å². The molecule has 2 N–H and O–H groups in total. The average Bonchev–Trinajstić information content (AvgIpc) is 2.70. The van der Waals surface area contributed by atoms with Crippen LogP contribution in [-0.2, 0) is 10.0 Å². The third-order valence-corrected chi connectivity index (χ3v) is 7.06. The number of hydrogen-bond donors (Lipinski definition) is 2. The van der Waals surface area contributed by atoms with Crippen LogP contribution in [0, 0.1) is 19.8 Å². The molecule has 0 aliphatic rings. The first-order valence-corrected chi connectivity index (χ1v) is 12.2. The van der Waals surface area contributed by atoms with E-state index < -0.39 is 10.0 Å². The van der Waals surface area contributed by atoms with Crippen molar-refractivity contribution in [3.63, 3.8) is 0 Å². The van der Waals surface area contributed by atoms with Crippen LogP contribution in [-0.4, -0.2) is 20.9 Å². The Hall–Kier alpha value is -2.05. The summed E-state index contributed by atoms with van der Waals surface area (Å²) in [7, 11) is -3.95. The van der Waals surface area contributed by atoms with Gasteiger partial charge in [0.15, 0.2) is 0 Å². The lowest BCUT2D eigenvalue weighted by Crippen LogP contribution is -2.29. The predicted molar refractivity (Wildman–Crippen MR) is 124 cm³/mol. The highest BCUT2D eigenvalue weighted by atomic mass is 35.5. The van der Waals surface area contributed by atoms with Crippen LogP contribution in [0.2, 0.25) is 5.02 Å². The lowest BCUT2D eigenvalue weighted by atomic mass is 9.99. The van der Waals surface area contributed by atoms with Gasteiger partial charge in [-0.25, -0.2) is 8.42 Å². The fraction of sp³-hybridized carbons (Fsp3) is 0.435. The zero-order valence-electron chi connectivity index (χ0n) is 18.1. The largest absolute Gasteiger partial charge is 0.352 e. The number of amides is 1. The molecule has 2 aromatic rings. The van der Waals surface area contributed by atoms with Gasteiger partial charge in [-0.15, -0.1) is 0 Å². The van der Waals surface area contributed by atoms with Gasteiger partial charge in [0.25, 0.3) is 15.9 Å². The molecule has 1 amide bonds. The second kappa shape index (κ2) is 10.8. The van der Waals surface area contributed by atoms with Gasteiger partial charge in [-0.05, 0) is 61.6 Å². The number of benzene rings is 2. The quantitative estimate of drug-likeness (QED) is 0.487. The maximum absolute atomic E-state index is 13.0. The molecule has 5 nitrogen and oxygen atoms in total. The molecule has 2 aromatic carbocycles. The lowest BCUT2D eigenvalue weighted by molar-refractivity contribution is 0.0945. The van der Waals surface area contributed by atoms with Crippen molar-refractivity contribution in [1.82, 2.24) is 5.32 Å². The van der Waals surface area contributed by atoms with Crippen molar-refractivity contribution in [2.24, 2.45) is 5.92 Å². The Balaban J connectivity index is 2.21. The van der Waals surface area contributed by atoms with E-state index >= 15 is 0 Å². The minimum absolute atomic E-state index is 0.0683. The van der Waals surface area contributed by atoms with E-state index in [0.29, 0.717) is 18.2 Å². The van der Waals surface area contributed by atoms with E-state index in [2.05, 4.69) is 23.9 Å². The maximum Gasteiger partial charge on any atom is 0.263 e. The molecule has 0 unspecified atom stereocenters. The van der Waals surface area contributed by atoms with Crippen LogP contribution in [0.25, 0.3) is 0 Å². The number of nitrogens with one attached hydrogen (secondary N) is 2. The molecule has 2 rings (SSSR count). The Kier molecular flexibility index (Phi) is 8.74. The molecule has 0 saturated heterocycles. The Morgan fingerprint density at radius 2 is 1.83 bits per heavy atom. The summed E-state index contributed by atoms with van der Waals surface area (Å²) in [5, 5.41) is 2.99. The van der Waals surface area contributed by atoms with Crippen molar-refractivity contribution >= 4 is 33.2 Å². The Labute approximate surface area is 185 Å². The van der Waals surface area contributed by atoms with Crippen LogP contribution in [0.15, 0.2) is 41.3 Å². The monoisotopic (exact) mass is 450 g/mol. The van der Waals surface area contributed by atoms with Gasteiger partial charge in [0, 0.05) is 12.1 Å². The van der Waals surface area contributed by atoms with Crippen molar-refractivity contribution < 1.29 is 13.2 Å². The zero-order valence-corrected chi connectivity index (χ0v) is 19.7. The smallest absolute Gasteiger partial charge is 0.263 e. The average molecular weight is 451 g/mol. The molecule has 0 fully saturated rings. The number of unbranched alkanes of at least 4 members (excludes halogenated alkanes) is 1. The molecule has 0 spiro atoms. The van der Waals surface area contributed by atoms with Gasteiger partial charge in [-0.2, -0.15) is 0 Å². The molecule has 0 bridgehead atoms. The summed E-state index contributed by atoms with van der Waals surface area (Å²) in [4.78, 5) is 12.5. The van der Waals surface area contributed by atoms with E-state index in [9.17, 15) is 13.2 Å². The van der Waals surface area contributed by atoms with Crippen LogP contribution in [0.3, 0.4) is 0 Å². The molecule has 0 aromatic heterocycles. The number of carbonyl (C=O) groups is 1. The molecule has 0 aliphatic carbocycles. The number of sulfonamides is 1. The molecule has 164 valence electrons. The molecule has 0 radical (unpaired) electrons. The highest BCUT2D eigenvalue weighted by molar-refractivity contribution is 7.92. The number of halogens is 1. The second-order valence-corrected chi connectivity index (χ2v) is 9.75. The van der Waals surface area contributed by atoms with Gasteiger partial charge in [0.05, 0.1) is 10.7 Å². The maximum atomic E-state index is 13.0. The van der Waals surface area contributed by atoms with Crippen molar-refractivity contribution in [3.05, 3.63) is 58.1 Å². The minimum atomic E-state index is -3.95. The van der Waals surface area contributed by atoms with E-state index in [0.717, 1.165) is 36.8 Å². The summed E-state index contributed by atoms with van der Waals surface area (Å²) >= 11 is 6.18. The Bertz CT molecular complexity index is 990. The summed E-state index contributed by atoms with van der Waals surface area (Å²) < 4.78 is 28.5. The van der Waals surface area contributed by atoms with Gasteiger partial charge in [0.1, 0.15) is 4.90 Å². The summed E-state index contributed by atoms with van der Waals surface area (Å²) in [5.74, 6) is 0.111. The van der Waals surface area contributed by atoms with Gasteiger partial charge >= 0.3 is 0 Å². The van der Waals surface area contributed by atoms with Crippen LogP contribution >= 0.6 is 11.6 Å². The minimum Gasteiger partial charge on any atom is -0.352 e. The van der Waals surface area contributed by atoms with Gasteiger partial charge in [-0.3, -0.25) is 9.52 Å². The first-order valence-electron chi connectivity index (χ1n) is 10.4. The van der Waals surface area contributed by atoms with Crippen molar-refractivity contribution in [3.8, 4) is 0 Å². The first kappa shape index (κ1) is 24.2. The Morgan fingerprint density at radius 3 is 2.50 bits per heavy atom. The summed E-state index contributed by atoms with van der Waals surface area (Å²) in [6, 6.07) is 9.84. The number of carbonyl (C=O) groups excluding carboxylic acids is 1. The van der Waals surface area contributed by atoms with Gasteiger partial charge < -0.3 is 5.32 Å². The lowest BCUT2D eigenvalue weighted by Gasteiger charge is -2.16. The van der Waals surface area contributed by atoms with Crippen molar-refractivity contribution in [1.29, 1.82) is 0 Å². The van der Waals surface area contributed by atoms with E-state index in [1.165, 1.54) is 12.1 Å². The number of rotatable bonds is 10. The van der Waals surface area contributed by atoms with Crippen molar-refractivity contribution in [2.45, 2.75) is 58.3 Å². The van der Waals surface area contributed by atoms with E-state index in [1.807, 2.05) is 26.0 Å². The number of hydrogen-bond acceptors (Lipinski definition) is 3. The van der Waals surface area contributed by atoms with Gasteiger partial charge in [-0.1, -0.05) is 56.8 Å². The molecular weight excluding hydrogens is 420 g/mol. The summed E-state index contributed by atoms with van der Waals surface area (Å²) in [6.07, 6.45) is 4.30. The molecule has 1 atom stereocenters. The van der Waals surface area contributed by atoms with Crippen LogP contribution < -0.4 is 10.0 Å². The second-order valence-electron chi connectivity index (χ2n) is 7.70. The van der Waals surface area contributed by atoms with Crippen LogP contribution in [0.1, 0.15) is 61.0 Å². The third-order valence-electron chi connectivity index (χ3n) is 5.21.